The predicted octanol–water partition coefficient (Wildman–Crippen LogP) is 2.46. The van der Waals surface area contributed by atoms with E-state index in [0.717, 1.165) is 30.2 Å². The number of benzene rings is 1. The molecule has 0 unspecified atom stereocenters. The molecule has 32 heavy (non-hydrogen) atoms. The normalized spacial score (nSPS) is 29.3. The van der Waals surface area contributed by atoms with Crippen LogP contribution in [0.3, 0.4) is 0 Å². The first-order valence-electron chi connectivity index (χ1n) is 10.8. The van der Waals surface area contributed by atoms with Crippen molar-refractivity contribution in [2.24, 2.45) is 0 Å². The SMILES string of the molecule is CCN(CC)CCN1c2ccccc2S[C@@H]2[C@H]1O[C@H](COC(C)=O)[C@](Cl)(OC(C)=O)[C@H]2O. The van der Waals surface area contributed by atoms with E-state index in [0.29, 0.717) is 6.54 Å². The summed E-state index contributed by atoms with van der Waals surface area (Å²) in [5.74, 6) is -1.18. The number of nitrogens with zero attached hydrogens (tertiary/aromatic N) is 2. The third-order valence-electron chi connectivity index (χ3n) is 5.77. The zero-order chi connectivity index (χ0) is 23.5. The van der Waals surface area contributed by atoms with Crippen molar-refractivity contribution in [2.75, 3.05) is 37.7 Å². The van der Waals surface area contributed by atoms with Gasteiger partial charge in [-0.3, -0.25) is 9.59 Å². The van der Waals surface area contributed by atoms with Gasteiger partial charge in [-0.05, 0) is 25.2 Å². The highest BCUT2D eigenvalue weighted by molar-refractivity contribution is 8.00. The number of aliphatic hydroxyl groups excluding tert-OH is 1. The lowest BCUT2D eigenvalue weighted by atomic mass is 9.98. The molecule has 0 aliphatic carbocycles. The highest BCUT2D eigenvalue weighted by Crippen LogP contribution is 2.50. The fraction of sp³-hybridized carbons (Fsp3) is 0.636. The average molecular weight is 487 g/mol. The van der Waals surface area contributed by atoms with E-state index in [4.69, 9.17) is 25.8 Å². The van der Waals surface area contributed by atoms with Crippen molar-refractivity contribution in [3.8, 4) is 0 Å². The number of halogens is 1. The first kappa shape index (κ1) is 25.1. The van der Waals surface area contributed by atoms with Gasteiger partial charge in [-0.2, -0.15) is 0 Å². The third kappa shape index (κ3) is 5.17. The number of aliphatic hydroxyl groups is 1. The van der Waals surface area contributed by atoms with Crippen LogP contribution in [0.2, 0.25) is 0 Å². The van der Waals surface area contributed by atoms with Crippen LogP contribution in [0.1, 0.15) is 27.7 Å². The number of rotatable bonds is 8. The number of anilines is 1. The Labute approximate surface area is 198 Å². The fourth-order valence-corrected chi connectivity index (χ4v) is 5.94. The van der Waals surface area contributed by atoms with Crippen molar-refractivity contribution in [1.29, 1.82) is 0 Å². The summed E-state index contributed by atoms with van der Waals surface area (Å²) in [4.78, 5) is 28.7. The monoisotopic (exact) mass is 486 g/mol. The molecule has 0 bridgehead atoms. The maximum absolute atomic E-state index is 11.8. The molecule has 2 aliphatic heterocycles. The Balaban J connectivity index is 1.96. The van der Waals surface area contributed by atoms with Crippen LogP contribution in [-0.4, -0.2) is 83.5 Å². The molecule has 8 nitrogen and oxygen atoms in total. The van der Waals surface area contributed by atoms with Crippen LogP contribution in [0, 0.1) is 0 Å². The Morgan fingerprint density at radius 1 is 1.25 bits per heavy atom. The summed E-state index contributed by atoms with van der Waals surface area (Å²) in [6, 6.07) is 7.91. The largest absolute Gasteiger partial charge is 0.463 e. The van der Waals surface area contributed by atoms with Crippen molar-refractivity contribution in [3.63, 3.8) is 0 Å². The molecule has 1 fully saturated rings. The number of carbonyl (C=O) groups excluding carboxylic acids is 2. The molecule has 0 amide bonds. The van der Waals surface area contributed by atoms with E-state index in [2.05, 4.69) is 23.6 Å². The zero-order valence-corrected chi connectivity index (χ0v) is 20.4. The molecule has 0 saturated carbocycles. The molecule has 0 spiro atoms. The highest BCUT2D eigenvalue weighted by atomic mass is 35.5. The molecule has 5 atom stereocenters. The molecule has 2 heterocycles. The van der Waals surface area contributed by atoms with Gasteiger partial charge in [0.05, 0.1) is 10.9 Å². The predicted molar refractivity (Wildman–Crippen MR) is 123 cm³/mol. The second kappa shape index (κ2) is 10.6. The maximum Gasteiger partial charge on any atom is 0.304 e. The number of ether oxygens (including phenoxy) is 3. The Kier molecular flexibility index (Phi) is 8.32. The molecule has 1 N–H and O–H groups in total. The minimum absolute atomic E-state index is 0.247. The van der Waals surface area contributed by atoms with Gasteiger partial charge in [0.2, 0.25) is 5.06 Å². The van der Waals surface area contributed by atoms with E-state index in [1.165, 1.54) is 25.6 Å². The van der Waals surface area contributed by atoms with Crippen molar-refractivity contribution in [1.82, 2.24) is 4.90 Å². The van der Waals surface area contributed by atoms with Crippen LogP contribution < -0.4 is 4.90 Å². The summed E-state index contributed by atoms with van der Waals surface area (Å²) in [6.07, 6.45) is -2.86. The standard InChI is InChI=1S/C22H31ClN2O6S/c1-5-24(6-2)11-12-25-16-9-7-8-10-17(16)32-19-20(28)22(23,31-15(4)27)18(30-21(19)25)13-29-14(3)26/h7-10,18-21,28H,5-6,11-13H2,1-4H3/t18-,19+,20+,21-,22+/m1/s1. The van der Waals surface area contributed by atoms with Crippen LogP contribution in [0.25, 0.3) is 0 Å². The number of fused-ring (bicyclic) bond motifs is 2. The minimum Gasteiger partial charge on any atom is -0.463 e. The van der Waals surface area contributed by atoms with Crippen LogP contribution in [0.4, 0.5) is 5.69 Å². The number of carbonyl (C=O) groups is 2. The number of alkyl halides is 1. The van der Waals surface area contributed by atoms with Crippen molar-refractivity contribution >= 4 is 41.0 Å². The summed E-state index contributed by atoms with van der Waals surface area (Å²) in [7, 11) is 0. The van der Waals surface area contributed by atoms with Gasteiger partial charge in [-0.25, -0.2) is 0 Å². The maximum atomic E-state index is 11.8. The number of hydrogen-bond acceptors (Lipinski definition) is 9. The molecule has 0 aromatic heterocycles. The summed E-state index contributed by atoms with van der Waals surface area (Å²) in [5.41, 5.74) is 0.999. The van der Waals surface area contributed by atoms with Gasteiger partial charge in [0, 0.05) is 31.8 Å². The number of likely N-dealkylation sites (N-methyl/N-ethyl adjacent to an activating group) is 1. The second-order valence-electron chi connectivity index (χ2n) is 7.82. The van der Waals surface area contributed by atoms with Gasteiger partial charge < -0.3 is 29.1 Å². The molecule has 2 aliphatic rings. The van der Waals surface area contributed by atoms with E-state index in [1.54, 1.807) is 0 Å². The van der Waals surface area contributed by atoms with E-state index in [1.807, 2.05) is 24.3 Å². The molecule has 1 saturated heterocycles. The molecule has 3 rings (SSSR count). The van der Waals surface area contributed by atoms with Gasteiger partial charge in [-0.1, -0.05) is 37.6 Å². The van der Waals surface area contributed by atoms with Crippen LogP contribution in [0.15, 0.2) is 29.2 Å². The lowest BCUT2D eigenvalue weighted by molar-refractivity contribution is -0.218. The molecule has 1 aromatic rings. The topological polar surface area (TPSA) is 88.5 Å². The lowest BCUT2D eigenvalue weighted by Crippen LogP contribution is -2.69. The van der Waals surface area contributed by atoms with Crippen LogP contribution in [0.5, 0.6) is 0 Å². The minimum atomic E-state index is -1.88. The van der Waals surface area contributed by atoms with E-state index in [9.17, 15) is 14.7 Å². The number of thioether (sulfide) groups is 1. The van der Waals surface area contributed by atoms with Crippen LogP contribution >= 0.6 is 23.4 Å². The first-order valence-corrected chi connectivity index (χ1v) is 12.1. The molecule has 10 heteroatoms. The smallest absolute Gasteiger partial charge is 0.304 e. The number of para-hydroxylation sites is 1. The fourth-order valence-electron chi connectivity index (χ4n) is 4.09. The van der Waals surface area contributed by atoms with E-state index in [-0.39, 0.29) is 6.61 Å². The van der Waals surface area contributed by atoms with Gasteiger partial charge in [0.1, 0.15) is 18.9 Å². The summed E-state index contributed by atoms with van der Waals surface area (Å²) >= 11 is 8.13. The van der Waals surface area contributed by atoms with Crippen molar-refractivity contribution in [2.45, 2.75) is 61.3 Å². The molecular weight excluding hydrogens is 456 g/mol. The summed E-state index contributed by atoms with van der Waals surface area (Å²) in [5, 5.41) is 8.93. The molecule has 178 valence electrons. The number of esters is 2. The van der Waals surface area contributed by atoms with E-state index >= 15 is 0 Å². The highest BCUT2D eigenvalue weighted by Gasteiger charge is 2.60. The summed E-state index contributed by atoms with van der Waals surface area (Å²) < 4.78 is 16.8. The van der Waals surface area contributed by atoms with Gasteiger partial charge in [0.15, 0.2) is 6.10 Å². The Morgan fingerprint density at radius 3 is 2.56 bits per heavy atom. The van der Waals surface area contributed by atoms with Gasteiger partial charge in [0.25, 0.3) is 0 Å². The first-order chi connectivity index (χ1) is 15.2. The molecular formula is C22H31ClN2O6S. The summed E-state index contributed by atoms with van der Waals surface area (Å²) in [6.45, 7) is 9.78. The number of hydrogen-bond donors (Lipinski definition) is 1. The Hall–Kier alpha value is -1.52. The molecule has 1 aromatic carbocycles. The van der Waals surface area contributed by atoms with Crippen molar-refractivity contribution in [3.05, 3.63) is 24.3 Å². The van der Waals surface area contributed by atoms with Gasteiger partial charge in [-0.15, -0.1) is 11.8 Å². The average Bonchev–Trinajstić information content (AvgIpc) is 2.75. The van der Waals surface area contributed by atoms with Crippen molar-refractivity contribution < 1.29 is 28.9 Å². The lowest BCUT2D eigenvalue weighted by Gasteiger charge is -2.53. The quantitative estimate of drug-likeness (QED) is 0.439. The second-order valence-corrected chi connectivity index (χ2v) is 9.64. The van der Waals surface area contributed by atoms with Gasteiger partial charge >= 0.3 is 11.9 Å². The van der Waals surface area contributed by atoms with Crippen LogP contribution in [-0.2, 0) is 23.8 Å². The Bertz CT molecular complexity index is 825. The zero-order valence-electron chi connectivity index (χ0n) is 18.8. The third-order valence-corrected chi connectivity index (χ3v) is 7.68. The molecule has 0 radical (unpaired) electrons. The van der Waals surface area contributed by atoms with E-state index < -0.39 is 40.7 Å². The Morgan fingerprint density at radius 2 is 1.94 bits per heavy atom.